The third kappa shape index (κ3) is 1.92. The van der Waals surface area contributed by atoms with E-state index in [0.717, 1.165) is 16.6 Å². The number of aliphatic imine (C=N–C) groups is 1. The smallest absolute Gasteiger partial charge is 0.197 e. The Balaban J connectivity index is 2.04. The van der Waals surface area contributed by atoms with Crippen molar-refractivity contribution in [1.82, 2.24) is 5.32 Å². The maximum absolute atomic E-state index is 6.32. The second-order valence-electron chi connectivity index (χ2n) is 5.70. The fourth-order valence-electron chi connectivity index (χ4n) is 3.18. The Bertz CT molecular complexity index is 886. The SMILES string of the molecule is CC1(c2ccccc2)NC(Cl)=Nc2c1ccc1ccccc21. The van der Waals surface area contributed by atoms with Crippen LogP contribution in [-0.2, 0) is 5.54 Å². The van der Waals surface area contributed by atoms with Gasteiger partial charge < -0.3 is 5.32 Å². The molecular weight excluding hydrogens is 292 g/mol. The maximum atomic E-state index is 6.32. The number of rotatable bonds is 1. The van der Waals surface area contributed by atoms with Crippen molar-refractivity contribution < 1.29 is 0 Å². The van der Waals surface area contributed by atoms with E-state index in [1.54, 1.807) is 0 Å². The van der Waals surface area contributed by atoms with E-state index < -0.39 is 0 Å². The zero-order valence-corrected chi connectivity index (χ0v) is 12.9. The van der Waals surface area contributed by atoms with Crippen LogP contribution in [0.1, 0.15) is 18.1 Å². The molecule has 0 spiro atoms. The lowest BCUT2D eigenvalue weighted by atomic mass is 9.82. The molecule has 0 bridgehead atoms. The molecule has 0 saturated carbocycles. The largest absolute Gasteiger partial charge is 0.347 e. The second kappa shape index (κ2) is 4.85. The van der Waals surface area contributed by atoms with E-state index in [0.29, 0.717) is 5.29 Å². The number of nitrogens with zero attached hydrogens (tertiary/aromatic N) is 1. The van der Waals surface area contributed by atoms with E-state index in [9.17, 15) is 0 Å². The Kier molecular flexibility index (Phi) is 2.95. The summed E-state index contributed by atoms with van der Waals surface area (Å²) in [5.74, 6) is 0. The summed E-state index contributed by atoms with van der Waals surface area (Å²) in [5.41, 5.74) is 2.87. The van der Waals surface area contributed by atoms with Crippen molar-refractivity contribution in [2.45, 2.75) is 12.5 Å². The summed E-state index contributed by atoms with van der Waals surface area (Å²) >= 11 is 6.32. The molecule has 1 heterocycles. The molecule has 0 amide bonds. The highest BCUT2D eigenvalue weighted by molar-refractivity contribution is 6.65. The topological polar surface area (TPSA) is 24.4 Å². The van der Waals surface area contributed by atoms with Crippen molar-refractivity contribution in [3.05, 3.63) is 77.9 Å². The van der Waals surface area contributed by atoms with Crippen molar-refractivity contribution in [3.63, 3.8) is 0 Å². The predicted octanol–water partition coefficient (Wildman–Crippen LogP) is 4.93. The molecule has 3 aromatic carbocycles. The molecule has 0 saturated heterocycles. The summed E-state index contributed by atoms with van der Waals surface area (Å²) < 4.78 is 0. The second-order valence-corrected chi connectivity index (χ2v) is 6.06. The zero-order chi connectivity index (χ0) is 15.2. The van der Waals surface area contributed by atoms with Crippen LogP contribution in [0.3, 0.4) is 0 Å². The number of fused-ring (bicyclic) bond motifs is 3. The Morgan fingerprint density at radius 1 is 0.909 bits per heavy atom. The van der Waals surface area contributed by atoms with Crippen LogP contribution in [0, 0.1) is 0 Å². The van der Waals surface area contributed by atoms with E-state index in [1.165, 1.54) is 10.9 Å². The Labute approximate surface area is 134 Å². The number of amidine groups is 1. The molecule has 2 nitrogen and oxygen atoms in total. The van der Waals surface area contributed by atoms with Crippen LogP contribution in [0.15, 0.2) is 71.7 Å². The van der Waals surface area contributed by atoms with Crippen LogP contribution in [0.25, 0.3) is 10.8 Å². The molecule has 0 fully saturated rings. The number of benzene rings is 3. The summed E-state index contributed by atoms with van der Waals surface area (Å²) in [5, 5.41) is 6.07. The highest BCUT2D eigenvalue weighted by atomic mass is 35.5. The predicted molar refractivity (Wildman–Crippen MR) is 92.9 cm³/mol. The Morgan fingerprint density at radius 2 is 1.64 bits per heavy atom. The van der Waals surface area contributed by atoms with Crippen molar-refractivity contribution in [2.24, 2.45) is 4.99 Å². The number of nitrogens with one attached hydrogen (secondary N) is 1. The molecule has 1 aliphatic heterocycles. The van der Waals surface area contributed by atoms with Gasteiger partial charge in [-0.2, -0.15) is 0 Å². The van der Waals surface area contributed by atoms with Crippen LogP contribution in [0.4, 0.5) is 5.69 Å². The average molecular weight is 307 g/mol. The minimum atomic E-state index is -0.389. The highest BCUT2D eigenvalue weighted by Gasteiger charge is 2.35. The first-order valence-electron chi connectivity index (χ1n) is 7.28. The molecular formula is C19H15ClN2. The van der Waals surface area contributed by atoms with Gasteiger partial charge in [0, 0.05) is 10.9 Å². The molecule has 22 heavy (non-hydrogen) atoms. The maximum Gasteiger partial charge on any atom is 0.197 e. The fraction of sp³-hybridized carbons (Fsp3) is 0.105. The zero-order valence-electron chi connectivity index (χ0n) is 12.2. The van der Waals surface area contributed by atoms with Gasteiger partial charge in [-0.05, 0) is 29.5 Å². The molecule has 1 N–H and O–H groups in total. The lowest BCUT2D eigenvalue weighted by Gasteiger charge is -2.36. The van der Waals surface area contributed by atoms with Gasteiger partial charge in [0.25, 0.3) is 0 Å². The van der Waals surface area contributed by atoms with Gasteiger partial charge in [0.1, 0.15) is 0 Å². The summed E-state index contributed by atoms with van der Waals surface area (Å²) in [7, 11) is 0. The van der Waals surface area contributed by atoms with E-state index >= 15 is 0 Å². The van der Waals surface area contributed by atoms with Gasteiger partial charge in [-0.1, -0.05) is 66.7 Å². The van der Waals surface area contributed by atoms with E-state index in [1.807, 2.05) is 30.3 Å². The van der Waals surface area contributed by atoms with E-state index in [-0.39, 0.29) is 5.54 Å². The fourth-order valence-corrected chi connectivity index (χ4v) is 3.45. The van der Waals surface area contributed by atoms with Gasteiger partial charge in [0.2, 0.25) is 0 Å². The van der Waals surface area contributed by atoms with Crippen LogP contribution in [0.5, 0.6) is 0 Å². The number of hydrogen-bond acceptors (Lipinski definition) is 2. The van der Waals surface area contributed by atoms with Gasteiger partial charge in [-0.3, -0.25) is 0 Å². The molecule has 0 aliphatic carbocycles. The van der Waals surface area contributed by atoms with Crippen LogP contribution >= 0.6 is 11.6 Å². The monoisotopic (exact) mass is 306 g/mol. The molecule has 4 rings (SSSR count). The number of hydrogen-bond donors (Lipinski definition) is 1. The van der Waals surface area contributed by atoms with Crippen LogP contribution < -0.4 is 5.32 Å². The molecule has 0 radical (unpaired) electrons. The van der Waals surface area contributed by atoms with Gasteiger partial charge >= 0.3 is 0 Å². The third-order valence-corrected chi connectivity index (χ3v) is 4.53. The van der Waals surface area contributed by atoms with Gasteiger partial charge in [-0.15, -0.1) is 0 Å². The van der Waals surface area contributed by atoms with Crippen molar-refractivity contribution in [3.8, 4) is 0 Å². The first-order chi connectivity index (χ1) is 10.7. The van der Waals surface area contributed by atoms with Gasteiger partial charge in [-0.25, -0.2) is 4.99 Å². The molecule has 1 atom stereocenters. The van der Waals surface area contributed by atoms with Gasteiger partial charge in [0.15, 0.2) is 5.29 Å². The Morgan fingerprint density at radius 3 is 2.45 bits per heavy atom. The standard InChI is InChI=1S/C19H15ClN2/c1-19(14-8-3-2-4-9-14)16-12-11-13-7-5-6-10-15(13)17(16)21-18(20)22-19/h2-12H,1H3,(H,21,22). The highest BCUT2D eigenvalue weighted by Crippen LogP contribution is 2.42. The molecule has 3 heteroatoms. The van der Waals surface area contributed by atoms with Crippen LogP contribution in [-0.4, -0.2) is 5.29 Å². The summed E-state index contributed by atoms with van der Waals surface area (Å²) in [6.07, 6.45) is 0. The van der Waals surface area contributed by atoms with Crippen LogP contribution in [0.2, 0.25) is 0 Å². The minimum Gasteiger partial charge on any atom is -0.347 e. The summed E-state index contributed by atoms with van der Waals surface area (Å²) in [6.45, 7) is 2.15. The normalized spacial score (nSPS) is 20.2. The first-order valence-corrected chi connectivity index (χ1v) is 7.66. The molecule has 3 aromatic rings. The van der Waals surface area contributed by atoms with E-state index in [4.69, 9.17) is 11.6 Å². The first kappa shape index (κ1) is 13.4. The average Bonchev–Trinajstić information content (AvgIpc) is 2.55. The minimum absolute atomic E-state index is 0.389. The third-order valence-electron chi connectivity index (χ3n) is 4.35. The van der Waals surface area contributed by atoms with Gasteiger partial charge in [0.05, 0.1) is 11.2 Å². The quantitative estimate of drug-likeness (QED) is 0.633. The summed E-state index contributed by atoms with van der Waals surface area (Å²) in [6, 6.07) is 22.9. The molecule has 1 unspecified atom stereocenters. The lowest BCUT2D eigenvalue weighted by molar-refractivity contribution is 0.528. The van der Waals surface area contributed by atoms with Crippen molar-refractivity contribution in [2.75, 3.05) is 0 Å². The van der Waals surface area contributed by atoms with Crippen molar-refractivity contribution >= 4 is 33.4 Å². The molecule has 1 aliphatic rings. The molecule has 0 aromatic heterocycles. The number of halogens is 1. The lowest BCUT2D eigenvalue weighted by Crippen LogP contribution is -2.44. The van der Waals surface area contributed by atoms with E-state index in [2.05, 4.69) is 53.6 Å². The Hall–Kier alpha value is -2.32. The molecule has 108 valence electrons. The van der Waals surface area contributed by atoms with Crippen molar-refractivity contribution in [1.29, 1.82) is 0 Å². The summed E-state index contributed by atoms with van der Waals surface area (Å²) in [4.78, 5) is 4.57.